The van der Waals surface area contributed by atoms with Crippen molar-refractivity contribution in [2.24, 2.45) is 0 Å². The minimum Gasteiger partial charge on any atom is -0.383 e. The Balaban J connectivity index is 2.66. The molecule has 1 rings (SSSR count). The third-order valence-electron chi connectivity index (χ3n) is 3.31. The molecule has 0 aromatic heterocycles. The Bertz CT molecular complexity index is 392. The molecule has 0 saturated carbocycles. The van der Waals surface area contributed by atoms with Crippen molar-refractivity contribution < 1.29 is 9.53 Å². The van der Waals surface area contributed by atoms with Gasteiger partial charge in [0.15, 0.2) is 5.78 Å². The van der Waals surface area contributed by atoms with Crippen LogP contribution in [0.2, 0.25) is 5.02 Å². The largest absolute Gasteiger partial charge is 0.383 e. The Labute approximate surface area is 120 Å². The molecule has 106 valence electrons. The molecule has 0 bridgehead atoms. The monoisotopic (exact) mass is 283 g/mol. The van der Waals surface area contributed by atoms with E-state index in [0.717, 1.165) is 13.0 Å². The molecule has 1 aromatic carbocycles. The average Bonchev–Trinajstić information content (AvgIpc) is 2.43. The number of methoxy groups -OCH3 is 1. The van der Waals surface area contributed by atoms with Gasteiger partial charge in [-0.15, -0.1) is 0 Å². The summed E-state index contributed by atoms with van der Waals surface area (Å²) in [6.45, 7) is 6.07. The fourth-order valence-electron chi connectivity index (χ4n) is 1.83. The highest BCUT2D eigenvalue weighted by molar-refractivity contribution is 6.30. The summed E-state index contributed by atoms with van der Waals surface area (Å²) in [5.74, 6) is 0.119. The number of benzene rings is 1. The number of halogens is 1. The van der Waals surface area contributed by atoms with Crippen LogP contribution in [0, 0.1) is 0 Å². The molecule has 0 N–H and O–H groups in total. The van der Waals surface area contributed by atoms with E-state index in [4.69, 9.17) is 16.3 Å². The molecule has 3 nitrogen and oxygen atoms in total. The molecule has 19 heavy (non-hydrogen) atoms. The van der Waals surface area contributed by atoms with Crippen LogP contribution in [0.5, 0.6) is 0 Å². The molecule has 0 amide bonds. The molecule has 0 aliphatic carbocycles. The molecule has 0 saturated heterocycles. The van der Waals surface area contributed by atoms with E-state index in [9.17, 15) is 4.79 Å². The van der Waals surface area contributed by atoms with Gasteiger partial charge in [-0.25, -0.2) is 0 Å². The van der Waals surface area contributed by atoms with Gasteiger partial charge in [0.25, 0.3) is 0 Å². The van der Waals surface area contributed by atoms with E-state index in [1.807, 2.05) is 0 Å². The Morgan fingerprint density at radius 3 is 2.53 bits per heavy atom. The van der Waals surface area contributed by atoms with E-state index in [0.29, 0.717) is 29.8 Å². The van der Waals surface area contributed by atoms with E-state index in [2.05, 4.69) is 18.7 Å². The van der Waals surface area contributed by atoms with Gasteiger partial charge in [0.2, 0.25) is 0 Å². The lowest BCUT2D eigenvalue weighted by Gasteiger charge is -2.27. The lowest BCUT2D eigenvalue weighted by atomic mass is 10.1. The quantitative estimate of drug-likeness (QED) is 0.686. The minimum absolute atomic E-state index is 0.119. The lowest BCUT2D eigenvalue weighted by molar-refractivity contribution is 0.0834. The normalized spacial score (nSPS) is 12.7. The maximum atomic E-state index is 12.2. The highest BCUT2D eigenvalue weighted by Gasteiger charge is 2.16. The zero-order valence-corrected chi connectivity index (χ0v) is 12.6. The minimum atomic E-state index is 0.119. The summed E-state index contributed by atoms with van der Waals surface area (Å²) in [7, 11) is 1.68. The number of ether oxygens (including phenoxy) is 1. The first kappa shape index (κ1) is 16.2. The summed E-state index contributed by atoms with van der Waals surface area (Å²) in [4.78, 5) is 14.4. The van der Waals surface area contributed by atoms with Crippen LogP contribution in [0.25, 0.3) is 0 Å². The van der Waals surface area contributed by atoms with Gasteiger partial charge in [0.05, 0.1) is 13.2 Å². The summed E-state index contributed by atoms with van der Waals surface area (Å²) in [5, 5.41) is 0.648. The molecule has 1 aromatic rings. The predicted octanol–water partition coefficient (Wildman–Crippen LogP) is 3.27. The van der Waals surface area contributed by atoms with Gasteiger partial charge in [-0.1, -0.05) is 18.5 Å². The molecule has 0 radical (unpaired) electrons. The van der Waals surface area contributed by atoms with Crippen LogP contribution in [0.1, 0.15) is 30.6 Å². The summed E-state index contributed by atoms with van der Waals surface area (Å²) in [5.41, 5.74) is 0.704. The van der Waals surface area contributed by atoms with Crippen molar-refractivity contribution in [2.75, 3.05) is 26.8 Å². The average molecular weight is 284 g/mol. The number of hydrogen-bond acceptors (Lipinski definition) is 3. The first-order valence-electron chi connectivity index (χ1n) is 6.60. The Morgan fingerprint density at radius 2 is 2.00 bits per heavy atom. The fourth-order valence-corrected chi connectivity index (χ4v) is 1.96. The van der Waals surface area contributed by atoms with Gasteiger partial charge in [0.1, 0.15) is 0 Å². The maximum Gasteiger partial charge on any atom is 0.176 e. The summed E-state index contributed by atoms with van der Waals surface area (Å²) in [6.07, 6.45) is 1.01. The fraction of sp³-hybridized carbons (Fsp3) is 0.533. The number of rotatable bonds is 8. The summed E-state index contributed by atoms with van der Waals surface area (Å²) < 4.78 is 5.10. The van der Waals surface area contributed by atoms with Crippen LogP contribution in [-0.4, -0.2) is 43.5 Å². The Morgan fingerprint density at radius 1 is 1.37 bits per heavy atom. The van der Waals surface area contributed by atoms with Crippen LogP contribution in [-0.2, 0) is 4.74 Å². The second-order valence-corrected chi connectivity index (χ2v) is 5.09. The van der Waals surface area contributed by atoms with E-state index in [-0.39, 0.29) is 5.78 Å². The molecule has 0 spiro atoms. The first-order chi connectivity index (χ1) is 9.08. The van der Waals surface area contributed by atoms with Crippen molar-refractivity contribution in [2.45, 2.75) is 26.3 Å². The molecular formula is C15H22ClNO2. The van der Waals surface area contributed by atoms with Gasteiger partial charge < -0.3 is 4.74 Å². The number of ketones is 1. The predicted molar refractivity (Wildman–Crippen MR) is 79.0 cm³/mol. The Kier molecular flexibility index (Phi) is 7.06. The zero-order valence-electron chi connectivity index (χ0n) is 11.9. The van der Waals surface area contributed by atoms with Crippen molar-refractivity contribution in [3.63, 3.8) is 0 Å². The van der Waals surface area contributed by atoms with Crippen LogP contribution in [0.15, 0.2) is 24.3 Å². The molecule has 0 heterocycles. The molecule has 0 fully saturated rings. The van der Waals surface area contributed by atoms with Crippen LogP contribution >= 0.6 is 11.6 Å². The third-order valence-corrected chi connectivity index (χ3v) is 3.56. The summed E-state index contributed by atoms with van der Waals surface area (Å²) >= 11 is 5.83. The van der Waals surface area contributed by atoms with Crippen molar-refractivity contribution in [3.8, 4) is 0 Å². The second-order valence-electron chi connectivity index (χ2n) is 4.65. The number of nitrogens with zero attached hydrogens (tertiary/aromatic N) is 1. The smallest absolute Gasteiger partial charge is 0.176 e. The van der Waals surface area contributed by atoms with Crippen LogP contribution < -0.4 is 0 Å². The van der Waals surface area contributed by atoms with Gasteiger partial charge in [-0.05, 0) is 37.6 Å². The van der Waals surface area contributed by atoms with Gasteiger partial charge in [-0.3, -0.25) is 9.69 Å². The van der Waals surface area contributed by atoms with E-state index in [1.165, 1.54) is 0 Å². The van der Waals surface area contributed by atoms with Crippen molar-refractivity contribution in [1.29, 1.82) is 0 Å². The molecule has 1 atom stereocenters. The molecular weight excluding hydrogens is 262 g/mol. The van der Waals surface area contributed by atoms with Gasteiger partial charge in [0, 0.05) is 30.3 Å². The van der Waals surface area contributed by atoms with Crippen LogP contribution in [0.4, 0.5) is 0 Å². The number of carbonyl (C=O) groups excluding carboxylic acids is 1. The number of hydrogen-bond donors (Lipinski definition) is 0. The molecule has 0 aliphatic rings. The standard InChI is InChI=1S/C15H22ClNO2/c1-4-12(2)17(9-10-19-3)11-15(18)13-5-7-14(16)8-6-13/h5-8,12H,4,9-11H2,1-3H3. The number of carbonyl (C=O) groups is 1. The van der Waals surface area contributed by atoms with Crippen molar-refractivity contribution in [3.05, 3.63) is 34.9 Å². The van der Waals surface area contributed by atoms with Crippen molar-refractivity contribution in [1.82, 2.24) is 4.90 Å². The first-order valence-corrected chi connectivity index (χ1v) is 6.98. The zero-order chi connectivity index (χ0) is 14.3. The topological polar surface area (TPSA) is 29.5 Å². The van der Waals surface area contributed by atoms with Gasteiger partial charge >= 0.3 is 0 Å². The second kappa shape index (κ2) is 8.31. The summed E-state index contributed by atoms with van der Waals surface area (Å²) in [6, 6.07) is 7.41. The maximum absolute atomic E-state index is 12.2. The van der Waals surface area contributed by atoms with E-state index < -0.39 is 0 Å². The number of Topliss-reactive ketones (excluding diaryl/α,β-unsaturated/α-hetero) is 1. The highest BCUT2D eigenvalue weighted by Crippen LogP contribution is 2.12. The third kappa shape index (κ3) is 5.31. The van der Waals surface area contributed by atoms with E-state index >= 15 is 0 Å². The van der Waals surface area contributed by atoms with Crippen LogP contribution in [0.3, 0.4) is 0 Å². The molecule has 4 heteroatoms. The van der Waals surface area contributed by atoms with E-state index in [1.54, 1.807) is 31.4 Å². The molecule has 0 aliphatic heterocycles. The lowest BCUT2D eigenvalue weighted by Crippen LogP contribution is -2.39. The van der Waals surface area contributed by atoms with Gasteiger partial charge in [-0.2, -0.15) is 0 Å². The molecule has 1 unspecified atom stereocenters. The Hall–Kier alpha value is -0.900. The van der Waals surface area contributed by atoms with Crippen molar-refractivity contribution >= 4 is 17.4 Å². The SMILES string of the molecule is CCC(C)N(CCOC)CC(=O)c1ccc(Cl)cc1. The highest BCUT2D eigenvalue weighted by atomic mass is 35.5.